The number of rotatable bonds is 5. The second kappa shape index (κ2) is 7.08. The number of thiazole rings is 1. The van der Waals surface area contributed by atoms with Gasteiger partial charge in [0, 0.05) is 23.3 Å². The van der Waals surface area contributed by atoms with Crippen LogP contribution in [0.25, 0.3) is 0 Å². The van der Waals surface area contributed by atoms with Crippen LogP contribution in [0.1, 0.15) is 45.3 Å². The average Bonchev–Trinajstić information content (AvgIpc) is 3.11. The largest absolute Gasteiger partial charge is 0.476 e. The molecule has 0 fully saturated rings. The topological polar surface area (TPSA) is 105 Å². The Bertz CT molecular complexity index is 884. The third-order valence-corrected chi connectivity index (χ3v) is 5.38. The minimum absolute atomic E-state index is 0.0376. The molecule has 1 aliphatic carbocycles. The number of hydrogen-bond acceptors (Lipinski definition) is 5. The lowest BCUT2D eigenvalue weighted by molar-refractivity contribution is -0.116. The summed E-state index contributed by atoms with van der Waals surface area (Å²) in [5.41, 5.74) is 7.39. The van der Waals surface area contributed by atoms with Crippen LogP contribution in [0.15, 0.2) is 12.1 Å². The van der Waals surface area contributed by atoms with Gasteiger partial charge in [-0.2, -0.15) is 0 Å². The van der Waals surface area contributed by atoms with Gasteiger partial charge in [0.25, 0.3) is 0 Å². The molecule has 0 spiro atoms. The van der Waals surface area contributed by atoms with Crippen molar-refractivity contribution in [3.63, 3.8) is 0 Å². The number of nitrogens with one attached hydrogen (secondary N) is 1. The molecule has 0 saturated carbocycles. The van der Waals surface area contributed by atoms with Gasteiger partial charge >= 0.3 is 5.97 Å². The zero-order valence-electron chi connectivity index (χ0n) is 13.9. The number of carboxylic acid groups (broad SMARTS) is 1. The Morgan fingerprint density at radius 3 is 2.77 bits per heavy atom. The molecule has 6 nitrogen and oxygen atoms in total. The summed E-state index contributed by atoms with van der Waals surface area (Å²) in [5.74, 6) is -3.61. The molecule has 26 heavy (non-hydrogen) atoms. The fourth-order valence-corrected chi connectivity index (χ4v) is 4.07. The highest BCUT2D eigenvalue weighted by Crippen LogP contribution is 2.37. The maximum Gasteiger partial charge on any atom is 0.355 e. The second-order valence-electron chi connectivity index (χ2n) is 6.26. The van der Waals surface area contributed by atoms with Crippen molar-refractivity contribution < 1.29 is 23.5 Å². The molecule has 2 atom stereocenters. The highest BCUT2D eigenvalue weighted by Gasteiger charge is 2.30. The number of nitrogens with zero attached hydrogens (tertiary/aromatic N) is 1. The van der Waals surface area contributed by atoms with E-state index in [1.54, 1.807) is 6.92 Å². The van der Waals surface area contributed by atoms with E-state index >= 15 is 0 Å². The Balaban J connectivity index is 1.67. The van der Waals surface area contributed by atoms with Crippen LogP contribution in [0.2, 0.25) is 0 Å². The second-order valence-corrected chi connectivity index (χ2v) is 7.46. The van der Waals surface area contributed by atoms with Gasteiger partial charge in [0.15, 0.2) is 22.5 Å². The molecule has 3 rings (SSSR count). The highest BCUT2D eigenvalue weighted by molar-refractivity contribution is 7.16. The molecule has 2 aromatic rings. The summed E-state index contributed by atoms with van der Waals surface area (Å²) in [6, 6.07) is 1.77. The number of carbonyl (C=O) groups excluding carboxylic acids is 1. The van der Waals surface area contributed by atoms with Crippen molar-refractivity contribution in [3.8, 4) is 0 Å². The number of amides is 1. The molecule has 0 radical (unpaired) electrons. The fraction of sp³-hybridized carbons (Fsp3) is 0.353. The van der Waals surface area contributed by atoms with Crippen LogP contribution in [-0.2, 0) is 11.2 Å². The number of aryl methyl sites for hydroxylation is 2. The molecule has 2 unspecified atom stereocenters. The zero-order valence-corrected chi connectivity index (χ0v) is 14.7. The number of anilines is 1. The summed E-state index contributed by atoms with van der Waals surface area (Å²) in [7, 11) is 0. The van der Waals surface area contributed by atoms with Crippen LogP contribution in [0.4, 0.5) is 13.9 Å². The molecule has 1 amide bonds. The number of carboxylic acids is 1. The SMILES string of the molecule is Cc1sc(NC(=O)CC(N)C2CCc3cc(F)c(F)cc32)nc1C(=O)O. The van der Waals surface area contributed by atoms with Gasteiger partial charge in [-0.3, -0.25) is 4.79 Å². The van der Waals surface area contributed by atoms with Crippen LogP contribution in [0.3, 0.4) is 0 Å². The van der Waals surface area contributed by atoms with Crippen molar-refractivity contribution in [2.75, 3.05) is 5.32 Å². The summed E-state index contributed by atoms with van der Waals surface area (Å²) in [6.07, 6.45) is 1.16. The smallest absolute Gasteiger partial charge is 0.355 e. The summed E-state index contributed by atoms with van der Waals surface area (Å²) in [6.45, 7) is 1.60. The van der Waals surface area contributed by atoms with E-state index in [4.69, 9.17) is 10.8 Å². The van der Waals surface area contributed by atoms with Crippen LogP contribution >= 0.6 is 11.3 Å². The number of carbonyl (C=O) groups is 2. The number of fused-ring (bicyclic) bond motifs is 1. The standard InChI is InChI=1S/C17H17F2N3O3S/c1-7-15(16(24)25)22-17(26-7)21-14(23)6-13(20)9-3-2-8-4-11(18)12(19)5-10(8)9/h4-5,9,13H,2-3,6,20H2,1H3,(H,24,25)(H,21,22,23). The Morgan fingerprint density at radius 2 is 2.12 bits per heavy atom. The lowest BCUT2D eigenvalue weighted by Gasteiger charge is -2.19. The first-order valence-corrected chi connectivity index (χ1v) is 8.82. The highest BCUT2D eigenvalue weighted by atomic mass is 32.1. The van der Waals surface area contributed by atoms with Crippen LogP contribution < -0.4 is 11.1 Å². The molecule has 1 aromatic heterocycles. The summed E-state index contributed by atoms with van der Waals surface area (Å²) in [4.78, 5) is 27.5. The maximum atomic E-state index is 13.5. The summed E-state index contributed by atoms with van der Waals surface area (Å²) >= 11 is 1.07. The number of benzene rings is 1. The van der Waals surface area contributed by atoms with E-state index in [-0.39, 0.29) is 23.2 Å². The first-order chi connectivity index (χ1) is 12.3. The van der Waals surface area contributed by atoms with E-state index in [9.17, 15) is 18.4 Å². The summed E-state index contributed by atoms with van der Waals surface area (Å²) in [5, 5.41) is 11.7. The number of aromatic nitrogens is 1. The van der Waals surface area contributed by atoms with Gasteiger partial charge in [-0.1, -0.05) is 0 Å². The zero-order chi connectivity index (χ0) is 19.0. The van der Waals surface area contributed by atoms with Gasteiger partial charge in [0.1, 0.15) is 0 Å². The minimum atomic E-state index is -1.16. The number of aromatic carboxylic acids is 1. The van der Waals surface area contributed by atoms with Crippen LogP contribution in [0, 0.1) is 18.6 Å². The van der Waals surface area contributed by atoms with Crippen molar-refractivity contribution >= 4 is 28.3 Å². The minimum Gasteiger partial charge on any atom is -0.476 e. The van der Waals surface area contributed by atoms with E-state index in [1.165, 1.54) is 6.07 Å². The number of halogens is 2. The third kappa shape index (κ3) is 3.58. The van der Waals surface area contributed by atoms with Crippen molar-refractivity contribution in [1.82, 2.24) is 4.98 Å². The first-order valence-electron chi connectivity index (χ1n) is 8.00. The quantitative estimate of drug-likeness (QED) is 0.739. The molecule has 1 heterocycles. The number of hydrogen-bond donors (Lipinski definition) is 3. The average molecular weight is 381 g/mol. The monoisotopic (exact) mass is 381 g/mol. The first kappa shape index (κ1) is 18.4. The van der Waals surface area contributed by atoms with Crippen LogP contribution in [0.5, 0.6) is 0 Å². The molecule has 1 aromatic carbocycles. The third-order valence-electron chi connectivity index (χ3n) is 4.49. The molecule has 1 aliphatic rings. The van der Waals surface area contributed by atoms with E-state index in [0.29, 0.717) is 28.8 Å². The molecule has 0 saturated heterocycles. The maximum absolute atomic E-state index is 13.5. The molecular weight excluding hydrogens is 364 g/mol. The predicted octanol–water partition coefficient (Wildman–Crippen LogP) is 2.81. The van der Waals surface area contributed by atoms with Crippen molar-refractivity contribution in [1.29, 1.82) is 0 Å². The Labute approximate surface area is 152 Å². The Kier molecular flexibility index (Phi) is 5.01. The number of nitrogens with two attached hydrogens (primary N) is 1. The fourth-order valence-electron chi connectivity index (χ4n) is 3.25. The molecule has 4 N–H and O–H groups in total. The van der Waals surface area contributed by atoms with Crippen molar-refractivity contribution in [2.24, 2.45) is 5.73 Å². The summed E-state index contributed by atoms with van der Waals surface area (Å²) < 4.78 is 26.8. The van der Waals surface area contributed by atoms with E-state index in [2.05, 4.69) is 10.3 Å². The lowest BCUT2D eigenvalue weighted by atomic mass is 9.91. The Morgan fingerprint density at radius 1 is 1.42 bits per heavy atom. The lowest BCUT2D eigenvalue weighted by Crippen LogP contribution is -2.32. The van der Waals surface area contributed by atoms with Crippen molar-refractivity contribution in [2.45, 2.75) is 38.1 Å². The molecule has 0 aliphatic heterocycles. The predicted molar refractivity (Wildman–Crippen MR) is 92.5 cm³/mol. The van der Waals surface area contributed by atoms with Gasteiger partial charge in [-0.05, 0) is 43.0 Å². The van der Waals surface area contributed by atoms with Crippen molar-refractivity contribution in [3.05, 3.63) is 45.5 Å². The molecule has 138 valence electrons. The van der Waals surface area contributed by atoms with Gasteiger partial charge in [-0.25, -0.2) is 18.6 Å². The van der Waals surface area contributed by atoms with E-state index in [1.807, 2.05) is 0 Å². The van der Waals surface area contributed by atoms with E-state index in [0.717, 1.165) is 17.4 Å². The van der Waals surface area contributed by atoms with Gasteiger partial charge in [0.05, 0.1) is 0 Å². The van der Waals surface area contributed by atoms with Gasteiger partial charge in [0.2, 0.25) is 5.91 Å². The normalized spacial score (nSPS) is 17.0. The molecule has 9 heteroatoms. The Hall–Kier alpha value is -2.39. The molecule has 0 bridgehead atoms. The molecular formula is C17H17F2N3O3S. The van der Waals surface area contributed by atoms with Gasteiger partial charge in [-0.15, -0.1) is 11.3 Å². The van der Waals surface area contributed by atoms with E-state index < -0.39 is 29.6 Å². The van der Waals surface area contributed by atoms with Gasteiger partial charge < -0.3 is 16.2 Å². The van der Waals surface area contributed by atoms with Crippen LogP contribution in [-0.4, -0.2) is 28.0 Å².